The number of hydrogen-bond donors (Lipinski definition) is 2. The summed E-state index contributed by atoms with van der Waals surface area (Å²) in [5, 5.41) is 8.68. The Bertz CT molecular complexity index is 969. The van der Waals surface area contributed by atoms with Crippen molar-refractivity contribution in [1.29, 1.82) is 0 Å². The van der Waals surface area contributed by atoms with Crippen LogP contribution in [0.4, 0.5) is 16.5 Å². The molecule has 0 bridgehead atoms. The number of pyridine rings is 1. The summed E-state index contributed by atoms with van der Waals surface area (Å²) in [6, 6.07) is 11.1. The molecule has 7 nitrogen and oxygen atoms in total. The van der Waals surface area contributed by atoms with Crippen LogP contribution in [0, 0.1) is 0 Å². The Morgan fingerprint density at radius 2 is 1.86 bits per heavy atom. The van der Waals surface area contributed by atoms with Gasteiger partial charge >= 0.3 is 5.97 Å². The lowest BCUT2D eigenvalue weighted by Gasteiger charge is -2.23. The summed E-state index contributed by atoms with van der Waals surface area (Å²) >= 11 is 1.49. The van der Waals surface area contributed by atoms with Crippen LogP contribution >= 0.6 is 11.3 Å². The second-order valence-corrected chi connectivity index (χ2v) is 7.40. The fourth-order valence-corrected chi connectivity index (χ4v) is 3.18. The fraction of sp³-hybridized carbons (Fsp3) is 0.200. The van der Waals surface area contributed by atoms with Crippen molar-refractivity contribution in [2.75, 3.05) is 10.6 Å². The van der Waals surface area contributed by atoms with Crippen LogP contribution in [-0.2, 0) is 14.3 Å². The molecule has 0 aliphatic rings. The second-order valence-electron chi connectivity index (χ2n) is 6.54. The molecule has 0 unspecified atom stereocenters. The SMILES string of the molecule is CC(=O)OC(C)(C)C(=O)Nc1ccc(-c2csc(Nc3cccnc3)n2)cc1. The van der Waals surface area contributed by atoms with Crippen LogP contribution in [-0.4, -0.2) is 27.4 Å². The normalized spacial score (nSPS) is 11.0. The first-order valence-electron chi connectivity index (χ1n) is 8.57. The Morgan fingerprint density at radius 1 is 1.11 bits per heavy atom. The minimum absolute atomic E-state index is 0.396. The van der Waals surface area contributed by atoms with Crippen molar-refractivity contribution in [2.24, 2.45) is 0 Å². The zero-order chi connectivity index (χ0) is 20.1. The molecule has 0 aliphatic heterocycles. The van der Waals surface area contributed by atoms with Gasteiger partial charge in [0.2, 0.25) is 0 Å². The number of benzene rings is 1. The molecule has 3 aromatic rings. The maximum atomic E-state index is 12.3. The van der Waals surface area contributed by atoms with Gasteiger partial charge in [0.25, 0.3) is 5.91 Å². The Labute approximate surface area is 166 Å². The predicted molar refractivity (Wildman–Crippen MR) is 110 cm³/mol. The van der Waals surface area contributed by atoms with Gasteiger partial charge < -0.3 is 15.4 Å². The summed E-state index contributed by atoms with van der Waals surface area (Å²) in [5.74, 6) is -0.901. The van der Waals surface area contributed by atoms with Crippen LogP contribution in [0.1, 0.15) is 20.8 Å². The van der Waals surface area contributed by atoms with Crippen LogP contribution < -0.4 is 10.6 Å². The summed E-state index contributed by atoms with van der Waals surface area (Å²) in [5.41, 5.74) is 1.99. The van der Waals surface area contributed by atoms with Gasteiger partial charge in [-0.15, -0.1) is 11.3 Å². The minimum Gasteiger partial charge on any atom is -0.450 e. The average Bonchev–Trinajstić information content (AvgIpc) is 3.10. The van der Waals surface area contributed by atoms with E-state index in [-0.39, 0.29) is 0 Å². The minimum atomic E-state index is -1.24. The maximum absolute atomic E-state index is 12.3. The maximum Gasteiger partial charge on any atom is 0.303 e. The first-order valence-corrected chi connectivity index (χ1v) is 9.45. The largest absolute Gasteiger partial charge is 0.450 e. The van der Waals surface area contributed by atoms with Crippen LogP contribution in [0.5, 0.6) is 0 Å². The molecule has 3 rings (SSSR count). The van der Waals surface area contributed by atoms with Gasteiger partial charge in [0.05, 0.1) is 17.6 Å². The second kappa shape index (κ2) is 8.18. The molecule has 1 aromatic carbocycles. The Kier molecular flexibility index (Phi) is 5.70. The highest BCUT2D eigenvalue weighted by atomic mass is 32.1. The van der Waals surface area contributed by atoms with E-state index in [0.717, 1.165) is 22.1 Å². The number of ether oxygens (including phenoxy) is 1. The number of anilines is 3. The smallest absolute Gasteiger partial charge is 0.303 e. The zero-order valence-corrected chi connectivity index (χ0v) is 16.5. The molecule has 1 amide bonds. The molecule has 144 valence electrons. The number of aromatic nitrogens is 2. The van der Waals surface area contributed by atoms with Crippen LogP contribution in [0.25, 0.3) is 11.3 Å². The van der Waals surface area contributed by atoms with Gasteiger partial charge in [-0.3, -0.25) is 14.6 Å². The van der Waals surface area contributed by atoms with Crippen molar-refractivity contribution >= 4 is 39.7 Å². The highest BCUT2D eigenvalue weighted by molar-refractivity contribution is 7.14. The number of amides is 1. The molecule has 2 heterocycles. The van der Waals surface area contributed by atoms with Gasteiger partial charge in [-0.2, -0.15) is 0 Å². The number of esters is 1. The van der Waals surface area contributed by atoms with E-state index in [2.05, 4.69) is 20.6 Å². The average molecular weight is 396 g/mol. The third kappa shape index (κ3) is 4.92. The molecule has 0 saturated carbocycles. The predicted octanol–water partition coefficient (Wildman–Crippen LogP) is 4.23. The molecule has 0 atom stereocenters. The van der Waals surface area contributed by atoms with Gasteiger partial charge in [0.1, 0.15) is 0 Å². The van der Waals surface area contributed by atoms with E-state index >= 15 is 0 Å². The molecule has 0 saturated heterocycles. The summed E-state index contributed by atoms with van der Waals surface area (Å²) < 4.78 is 5.05. The topological polar surface area (TPSA) is 93.2 Å². The number of nitrogens with one attached hydrogen (secondary N) is 2. The van der Waals surface area contributed by atoms with Crippen molar-refractivity contribution in [3.05, 3.63) is 54.2 Å². The fourth-order valence-electron chi connectivity index (χ4n) is 2.44. The molecule has 0 fully saturated rings. The number of carbonyl (C=O) groups is 2. The van der Waals surface area contributed by atoms with Gasteiger partial charge in [-0.1, -0.05) is 12.1 Å². The molecular formula is C20H20N4O3S. The van der Waals surface area contributed by atoms with Crippen LogP contribution in [0.2, 0.25) is 0 Å². The molecule has 28 heavy (non-hydrogen) atoms. The molecule has 0 aliphatic carbocycles. The molecule has 8 heteroatoms. The first kappa shape index (κ1) is 19.5. The van der Waals surface area contributed by atoms with Gasteiger partial charge in [-0.25, -0.2) is 4.98 Å². The number of thiazole rings is 1. The highest BCUT2D eigenvalue weighted by Crippen LogP contribution is 2.28. The van der Waals surface area contributed by atoms with Crippen molar-refractivity contribution in [1.82, 2.24) is 9.97 Å². The van der Waals surface area contributed by atoms with Crippen molar-refractivity contribution in [3.8, 4) is 11.3 Å². The number of rotatable bonds is 6. The van der Waals surface area contributed by atoms with Gasteiger partial charge in [-0.05, 0) is 38.1 Å². The molecule has 0 radical (unpaired) electrons. The molecule has 2 aromatic heterocycles. The van der Waals surface area contributed by atoms with E-state index in [9.17, 15) is 9.59 Å². The third-order valence-electron chi connectivity index (χ3n) is 3.80. The lowest BCUT2D eigenvalue weighted by Crippen LogP contribution is -2.41. The van der Waals surface area contributed by atoms with Crippen molar-refractivity contribution < 1.29 is 14.3 Å². The van der Waals surface area contributed by atoms with E-state index in [0.29, 0.717) is 5.69 Å². The van der Waals surface area contributed by atoms with Crippen LogP contribution in [0.3, 0.4) is 0 Å². The summed E-state index contributed by atoms with van der Waals surface area (Å²) in [7, 11) is 0. The summed E-state index contributed by atoms with van der Waals surface area (Å²) in [6.45, 7) is 4.36. The van der Waals surface area contributed by atoms with Gasteiger partial charge in [0, 0.05) is 29.8 Å². The molecular weight excluding hydrogens is 376 g/mol. The standard InChI is InChI=1S/C20H20N4O3S/c1-13(25)27-20(2,3)18(26)22-15-8-6-14(7-9-15)17-12-28-19(24-17)23-16-5-4-10-21-11-16/h4-12H,1-3H3,(H,22,26)(H,23,24). The zero-order valence-electron chi connectivity index (χ0n) is 15.7. The lowest BCUT2D eigenvalue weighted by atomic mass is 10.1. The van der Waals surface area contributed by atoms with Crippen molar-refractivity contribution in [2.45, 2.75) is 26.4 Å². The number of hydrogen-bond acceptors (Lipinski definition) is 7. The summed E-state index contributed by atoms with van der Waals surface area (Å²) in [6.07, 6.45) is 3.45. The molecule has 0 spiro atoms. The lowest BCUT2D eigenvalue weighted by molar-refractivity contribution is -0.160. The van der Waals surface area contributed by atoms with E-state index in [1.165, 1.54) is 18.3 Å². The quantitative estimate of drug-likeness (QED) is 0.606. The third-order valence-corrected chi connectivity index (χ3v) is 4.56. The first-order chi connectivity index (χ1) is 13.3. The number of nitrogens with zero attached hydrogens (tertiary/aromatic N) is 2. The van der Waals surface area contributed by atoms with E-state index in [1.54, 1.807) is 38.4 Å². The monoisotopic (exact) mass is 396 g/mol. The van der Waals surface area contributed by atoms with E-state index in [1.807, 2.05) is 29.6 Å². The Hall–Kier alpha value is -3.26. The number of carbonyl (C=O) groups excluding carboxylic acids is 2. The summed E-state index contributed by atoms with van der Waals surface area (Å²) in [4.78, 5) is 32.0. The van der Waals surface area contributed by atoms with E-state index in [4.69, 9.17) is 4.74 Å². The van der Waals surface area contributed by atoms with Crippen LogP contribution in [0.15, 0.2) is 54.2 Å². The Balaban J connectivity index is 1.66. The van der Waals surface area contributed by atoms with E-state index < -0.39 is 17.5 Å². The van der Waals surface area contributed by atoms with Crippen molar-refractivity contribution in [3.63, 3.8) is 0 Å². The molecule has 2 N–H and O–H groups in total. The Morgan fingerprint density at radius 3 is 2.50 bits per heavy atom. The van der Waals surface area contributed by atoms with Gasteiger partial charge in [0.15, 0.2) is 10.7 Å². The highest BCUT2D eigenvalue weighted by Gasteiger charge is 2.30.